The summed E-state index contributed by atoms with van der Waals surface area (Å²) in [6, 6.07) is 0.400. The van der Waals surface area contributed by atoms with Crippen LogP contribution in [0.1, 0.15) is 39.0 Å². The Hall–Kier alpha value is -1.36. The van der Waals surface area contributed by atoms with Crippen LogP contribution in [-0.2, 0) is 0 Å². The highest BCUT2D eigenvalue weighted by Gasteiger charge is 2.30. The van der Waals surface area contributed by atoms with Gasteiger partial charge in [-0.05, 0) is 45.2 Å². The van der Waals surface area contributed by atoms with Crippen LogP contribution >= 0.6 is 0 Å². The van der Waals surface area contributed by atoms with Crippen LogP contribution in [0.2, 0.25) is 0 Å². The maximum Gasteiger partial charge on any atom is 0.219 e. The number of hydrogen-bond acceptors (Lipinski definition) is 5. The number of hydrogen-bond donors (Lipinski definition) is 2. The van der Waals surface area contributed by atoms with Gasteiger partial charge in [0.1, 0.15) is 6.17 Å². The summed E-state index contributed by atoms with van der Waals surface area (Å²) in [6.45, 7) is 2.16. The lowest BCUT2D eigenvalue weighted by atomic mass is 9.93. The number of nitrogens with one attached hydrogen (secondary N) is 1. The van der Waals surface area contributed by atoms with E-state index >= 15 is 0 Å². The molecule has 0 amide bonds. The van der Waals surface area contributed by atoms with Crippen LogP contribution in [0.4, 0.5) is 0 Å². The molecule has 0 bridgehead atoms. The fourth-order valence-electron chi connectivity index (χ4n) is 3.37. The van der Waals surface area contributed by atoms with E-state index in [2.05, 4.69) is 35.4 Å². The Kier molecular flexibility index (Phi) is 3.78. The van der Waals surface area contributed by atoms with Gasteiger partial charge in [0.25, 0.3) is 0 Å². The predicted octanol–water partition coefficient (Wildman–Crippen LogP) is 1.50. The number of nitrogens with zero attached hydrogens (tertiary/aromatic N) is 3. The minimum absolute atomic E-state index is 0.119. The van der Waals surface area contributed by atoms with Crippen LogP contribution < -0.4 is 5.32 Å². The van der Waals surface area contributed by atoms with E-state index in [9.17, 15) is 5.11 Å². The van der Waals surface area contributed by atoms with Gasteiger partial charge in [0, 0.05) is 25.2 Å². The SMILES string of the molecule is CC1=CN(C)C2N=C(NC3CCC(O)CC3)N=CC2C1. The van der Waals surface area contributed by atoms with Crippen LogP contribution in [0.15, 0.2) is 21.8 Å². The van der Waals surface area contributed by atoms with Gasteiger partial charge in [0.15, 0.2) is 0 Å². The molecule has 1 saturated carbocycles. The molecule has 2 unspecified atom stereocenters. The van der Waals surface area contributed by atoms with Gasteiger partial charge >= 0.3 is 0 Å². The lowest BCUT2D eigenvalue weighted by molar-refractivity contribution is 0.120. The molecule has 0 saturated heterocycles. The average Bonchev–Trinajstić information content (AvgIpc) is 2.42. The molecule has 110 valence electrons. The second-order valence-corrected chi connectivity index (χ2v) is 6.30. The molecule has 20 heavy (non-hydrogen) atoms. The van der Waals surface area contributed by atoms with Gasteiger partial charge in [0.05, 0.1) is 6.10 Å². The molecule has 2 heterocycles. The number of allylic oxidation sites excluding steroid dienone is 1. The Labute approximate surface area is 120 Å². The Morgan fingerprint density at radius 3 is 2.80 bits per heavy atom. The van der Waals surface area contributed by atoms with E-state index in [0.29, 0.717) is 12.0 Å². The summed E-state index contributed by atoms with van der Waals surface area (Å²) in [7, 11) is 2.08. The molecule has 0 aromatic carbocycles. The van der Waals surface area contributed by atoms with Gasteiger partial charge in [-0.2, -0.15) is 0 Å². The molecule has 3 aliphatic rings. The Morgan fingerprint density at radius 2 is 2.05 bits per heavy atom. The number of rotatable bonds is 1. The highest BCUT2D eigenvalue weighted by atomic mass is 16.3. The minimum atomic E-state index is -0.119. The zero-order valence-corrected chi connectivity index (χ0v) is 12.3. The third-order valence-electron chi connectivity index (χ3n) is 4.45. The lowest BCUT2D eigenvalue weighted by Gasteiger charge is -2.36. The zero-order chi connectivity index (χ0) is 14.1. The number of guanidine groups is 1. The fraction of sp³-hybridized carbons (Fsp3) is 0.733. The van der Waals surface area contributed by atoms with Crippen molar-refractivity contribution < 1.29 is 5.11 Å². The van der Waals surface area contributed by atoms with Gasteiger partial charge in [-0.3, -0.25) is 0 Å². The molecule has 5 nitrogen and oxygen atoms in total. The molecular weight excluding hydrogens is 252 g/mol. The van der Waals surface area contributed by atoms with Gasteiger partial charge in [0.2, 0.25) is 5.96 Å². The maximum atomic E-state index is 9.55. The molecule has 0 radical (unpaired) electrons. The van der Waals surface area contributed by atoms with Crippen molar-refractivity contribution >= 4 is 12.2 Å². The first-order chi connectivity index (χ1) is 9.61. The van der Waals surface area contributed by atoms with Crippen molar-refractivity contribution in [3.63, 3.8) is 0 Å². The van der Waals surface area contributed by atoms with Crippen molar-refractivity contribution in [2.75, 3.05) is 7.05 Å². The third-order valence-corrected chi connectivity index (χ3v) is 4.45. The predicted molar refractivity (Wildman–Crippen MR) is 80.7 cm³/mol. The largest absolute Gasteiger partial charge is 0.393 e. The summed E-state index contributed by atoms with van der Waals surface area (Å²) in [5.74, 6) is 1.15. The van der Waals surface area contributed by atoms with Crippen molar-refractivity contribution in [2.45, 2.75) is 57.3 Å². The highest BCUT2D eigenvalue weighted by molar-refractivity contribution is 5.90. The van der Waals surface area contributed by atoms with Crippen molar-refractivity contribution in [2.24, 2.45) is 15.9 Å². The van der Waals surface area contributed by atoms with Gasteiger partial charge in [-0.25, -0.2) is 9.98 Å². The number of aliphatic hydroxyl groups excluding tert-OH is 1. The van der Waals surface area contributed by atoms with Crippen LogP contribution in [0.3, 0.4) is 0 Å². The molecule has 1 aliphatic carbocycles. The first kappa shape index (κ1) is 13.6. The molecular formula is C15H24N4O. The van der Waals surface area contributed by atoms with E-state index in [4.69, 9.17) is 4.99 Å². The van der Waals surface area contributed by atoms with E-state index in [0.717, 1.165) is 38.1 Å². The summed E-state index contributed by atoms with van der Waals surface area (Å²) in [5, 5.41) is 13.0. The van der Waals surface area contributed by atoms with E-state index in [1.807, 2.05) is 6.21 Å². The van der Waals surface area contributed by atoms with E-state index in [-0.39, 0.29) is 12.3 Å². The lowest BCUT2D eigenvalue weighted by Crippen LogP contribution is -2.45. The molecule has 5 heteroatoms. The normalized spacial score (nSPS) is 37.0. The quantitative estimate of drug-likeness (QED) is 0.763. The standard InChI is InChI=1S/C15H24N4O/c1-10-7-11-8-16-15(18-14(11)19(2)9-10)17-12-3-5-13(20)6-4-12/h8-9,11-14,20H,3-7H2,1-2H3,(H,17,18). The van der Waals surface area contributed by atoms with Gasteiger partial charge < -0.3 is 15.3 Å². The van der Waals surface area contributed by atoms with Crippen LogP contribution in [0.5, 0.6) is 0 Å². The van der Waals surface area contributed by atoms with Gasteiger partial charge in [-0.15, -0.1) is 0 Å². The van der Waals surface area contributed by atoms with Gasteiger partial charge in [-0.1, -0.05) is 5.57 Å². The number of aliphatic imine (C=N–C) groups is 2. The average molecular weight is 276 g/mol. The summed E-state index contributed by atoms with van der Waals surface area (Å²) in [6.07, 6.45) is 9.08. The molecule has 2 N–H and O–H groups in total. The third kappa shape index (κ3) is 2.87. The van der Waals surface area contributed by atoms with Crippen molar-refractivity contribution in [3.8, 4) is 0 Å². The Bertz CT molecular complexity index is 449. The Morgan fingerprint density at radius 1 is 1.30 bits per heavy atom. The maximum absolute atomic E-state index is 9.55. The first-order valence-corrected chi connectivity index (χ1v) is 7.57. The smallest absolute Gasteiger partial charge is 0.219 e. The Balaban J connectivity index is 1.64. The summed E-state index contributed by atoms with van der Waals surface area (Å²) in [4.78, 5) is 11.4. The monoisotopic (exact) mass is 276 g/mol. The van der Waals surface area contributed by atoms with Crippen LogP contribution in [0.25, 0.3) is 0 Å². The molecule has 0 aromatic heterocycles. The zero-order valence-electron chi connectivity index (χ0n) is 12.3. The van der Waals surface area contributed by atoms with Crippen molar-refractivity contribution in [1.29, 1.82) is 0 Å². The van der Waals surface area contributed by atoms with E-state index in [1.165, 1.54) is 5.57 Å². The molecule has 3 rings (SSSR count). The summed E-state index contributed by atoms with van der Waals surface area (Å²) < 4.78 is 0. The minimum Gasteiger partial charge on any atom is -0.393 e. The number of aliphatic hydroxyl groups is 1. The highest BCUT2D eigenvalue weighted by Crippen LogP contribution is 2.27. The second kappa shape index (κ2) is 5.56. The van der Waals surface area contributed by atoms with Crippen molar-refractivity contribution in [1.82, 2.24) is 10.2 Å². The fourth-order valence-corrected chi connectivity index (χ4v) is 3.37. The molecule has 0 spiro atoms. The summed E-state index contributed by atoms with van der Waals surface area (Å²) in [5.41, 5.74) is 1.38. The molecule has 2 atom stereocenters. The van der Waals surface area contributed by atoms with E-state index < -0.39 is 0 Å². The van der Waals surface area contributed by atoms with Crippen LogP contribution in [0, 0.1) is 5.92 Å². The second-order valence-electron chi connectivity index (χ2n) is 6.30. The molecule has 0 aromatic rings. The molecule has 2 aliphatic heterocycles. The number of fused-ring (bicyclic) bond motifs is 1. The molecule has 1 fully saturated rings. The van der Waals surface area contributed by atoms with Crippen molar-refractivity contribution in [3.05, 3.63) is 11.8 Å². The van der Waals surface area contributed by atoms with Crippen LogP contribution in [-0.4, -0.2) is 47.5 Å². The topological polar surface area (TPSA) is 60.2 Å². The first-order valence-electron chi connectivity index (χ1n) is 7.57. The summed E-state index contributed by atoms with van der Waals surface area (Å²) >= 11 is 0. The van der Waals surface area contributed by atoms with E-state index in [1.54, 1.807) is 0 Å².